The number of hydrogen-bond donors (Lipinski definition) is 2. The number of carbonyl (C=O) groups is 1. The number of likely N-dealkylation sites (tertiary alicyclic amines) is 1. The van der Waals surface area contributed by atoms with Crippen LogP contribution in [0.15, 0.2) is 24.3 Å². The monoisotopic (exact) mass is 334 g/mol. The van der Waals surface area contributed by atoms with Crippen LogP contribution in [0.4, 0.5) is 11.4 Å². The number of amides is 1. The fourth-order valence-electron chi connectivity index (χ4n) is 3.01. The molecule has 0 saturated carbocycles. The van der Waals surface area contributed by atoms with E-state index in [1.807, 2.05) is 11.9 Å². The van der Waals surface area contributed by atoms with Crippen LogP contribution < -0.4 is 10.6 Å². The van der Waals surface area contributed by atoms with Crippen LogP contribution in [0.5, 0.6) is 0 Å². The molecule has 1 aliphatic heterocycles. The number of benzene rings is 1. The molecule has 0 aliphatic carbocycles. The summed E-state index contributed by atoms with van der Waals surface area (Å²) < 4.78 is 0. The maximum Gasteiger partial charge on any atom is 0.269 e. The Kier molecular flexibility index (Phi) is 6.99. The number of nitrogens with zero attached hydrogens (tertiary/aromatic N) is 2. The van der Waals surface area contributed by atoms with E-state index in [-0.39, 0.29) is 11.6 Å². The van der Waals surface area contributed by atoms with E-state index in [0.29, 0.717) is 18.9 Å². The van der Waals surface area contributed by atoms with Crippen molar-refractivity contribution < 1.29 is 9.72 Å². The Bertz CT molecular complexity index is 539. The van der Waals surface area contributed by atoms with Gasteiger partial charge >= 0.3 is 0 Å². The number of rotatable bonds is 8. The van der Waals surface area contributed by atoms with Crippen LogP contribution in [0.2, 0.25) is 0 Å². The zero-order valence-corrected chi connectivity index (χ0v) is 14.2. The summed E-state index contributed by atoms with van der Waals surface area (Å²) in [6.45, 7) is 3.43. The molecule has 0 spiro atoms. The van der Waals surface area contributed by atoms with Crippen molar-refractivity contribution in [3.63, 3.8) is 0 Å². The summed E-state index contributed by atoms with van der Waals surface area (Å²) in [5.41, 5.74) is 0.915. The van der Waals surface area contributed by atoms with Gasteiger partial charge in [-0.15, -0.1) is 0 Å². The first kappa shape index (κ1) is 18.2. The van der Waals surface area contributed by atoms with Gasteiger partial charge < -0.3 is 15.5 Å². The van der Waals surface area contributed by atoms with Crippen molar-refractivity contribution in [3.05, 3.63) is 34.4 Å². The number of hydrogen-bond acceptors (Lipinski definition) is 5. The Balaban J connectivity index is 1.63. The average molecular weight is 334 g/mol. The summed E-state index contributed by atoms with van der Waals surface area (Å²) >= 11 is 0. The van der Waals surface area contributed by atoms with Crippen LogP contribution in [0, 0.1) is 16.0 Å². The van der Waals surface area contributed by atoms with E-state index >= 15 is 0 Å². The number of anilines is 1. The first-order chi connectivity index (χ1) is 11.6. The van der Waals surface area contributed by atoms with E-state index in [1.54, 1.807) is 12.1 Å². The lowest BCUT2D eigenvalue weighted by Crippen LogP contribution is -2.40. The number of nitro groups is 1. The SMILES string of the molecule is CNCC1CCN(C(=O)CCCNc2ccc([N+](=O)[O-])cc2)CC1. The van der Waals surface area contributed by atoms with Crippen LogP contribution in [0.1, 0.15) is 25.7 Å². The van der Waals surface area contributed by atoms with Gasteiger partial charge in [0.05, 0.1) is 4.92 Å². The highest BCUT2D eigenvalue weighted by Crippen LogP contribution is 2.18. The fourth-order valence-corrected chi connectivity index (χ4v) is 3.01. The van der Waals surface area contributed by atoms with Crippen LogP contribution in [0.25, 0.3) is 0 Å². The van der Waals surface area contributed by atoms with Crippen LogP contribution >= 0.6 is 0 Å². The number of carbonyl (C=O) groups excluding carboxylic acids is 1. The van der Waals surface area contributed by atoms with E-state index in [0.717, 1.165) is 44.6 Å². The Morgan fingerprint density at radius 2 is 1.96 bits per heavy atom. The summed E-state index contributed by atoms with van der Waals surface area (Å²) in [6, 6.07) is 6.32. The van der Waals surface area contributed by atoms with Gasteiger partial charge in [-0.2, -0.15) is 0 Å². The second kappa shape index (κ2) is 9.22. The molecule has 1 amide bonds. The number of nitro benzene ring substituents is 1. The number of non-ortho nitro benzene ring substituents is 1. The predicted octanol–water partition coefficient (Wildman–Crippen LogP) is 2.24. The maximum atomic E-state index is 12.2. The van der Waals surface area contributed by atoms with Crippen molar-refractivity contribution in [2.45, 2.75) is 25.7 Å². The van der Waals surface area contributed by atoms with E-state index in [9.17, 15) is 14.9 Å². The fraction of sp³-hybridized carbons (Fsp3) is 0.588. The van der Waals surface area contributed by atoms with Gasteiger partial charge in [0, 0.05) is 43.9 Å². The van der Waals surface area contributed by atoms with Crippen molar-refractivity contribution >= 4 is 17.3 Å². The highest BCUT2D eigenvalue weighted by Gasteiger charge is 2.21. The lowest BCUT2D eigenvalue weighted by Gasteiger charge is -2.32. The van der Waals surface area contributed by atoms with E-state index in [4.69, 9.17) is 0 Å². The minimum Gasteiger partial charge on any atom is -0.385 e. The third kappa shape index (κ3) is 5.49. The molecular formula is C17H26N4O3. The van der Waals surface area contributed by atoms with E-state index < -0.39 is 4.92 Å². The lowest BCUT2D eigenvalue weighted by molar-refractivity contribution is -0.384. The van der Waals surface area contributed by atoms with Crippen LogP contribution in [-0.4, -0.2) is 49.0 Å². The highest BCUT2D eigenvalue weighted by atomic mass is 16.6. The molecule has 0 aromatic heterocycles. The molecule has 7 nitrogen and oxygen atoms in total. The number of nitrogens with one attached hydrogen (secondary N) is 2. The molecule has 1 aromatic carbocycles. The molecule has 0 radical (unpaired) electrons. The summed E-state index contributed by atoms with van der Waals surface area (Å²) in [6.07, 6.45) is 3.45. The van der Waals surface area contributed by atoms with Gasteiger partial charge in [-0.05, 0) is 50.9 Å². The Hall–Kier alpha value is -2.15. The third-order valence-electron chi connectivity index (χ3n) is 4.43. The second-order valence-electron chi connectivity index (χ2n) is 6.22. The predicted molar refractivity (Wildman–Crippen MR) is 94.1 cm³/mol. The highest BCUT2D eigenvalue weighted by molar-refractivity contribution is 5.76. The summed E-state index contributed by atoms with van der Waals surface area (Å²) in [4.78, 5) is 24.4. The minimum atomic E-state index is -0.414. The zero-order chi connectivity index (χ0) is 17.4. The normalized spacial score (nSPS) is 15.3. The molecule has 0 atom stereocenters. The zero-order valence-electron chi connectivity index (χ0n) is 14.2. The molecule has 1 aliphatic rings. The quantitative estimate of drug-likeness (QED) is 0.432. The molecule has 1 fully saturated rings. The largest absolute Gasteiger partial charge is 0.385 e. The standard InChI is InChI=1S/C17H26N4O3/c1-18-13-14-8-11-20(12-9-14)17(22)3-2-10-19-15-4-6-16(7-5-15)21(23)24/h4-7,14,18-19H,2-3,8-13H2,1H3. The second-order valence-corrected chi connectivity index (χ2v) is 6.22. The van der Waals surface area contributed by atoms with Gasteiger partial charge in [-0.3, -0.25) is 14.9 Å². The summed E-state index contributed by atoms with van der Waals surface area (Å²) in [5, 5.41) is 17.0. The van der Waals surface area contributed by atoms with Gasteiger partial charge in [0.1, 0.15) is 0 Å². The Labute approximate surface area is 142 Å². The lowest BCUT2D eigenvalue weighted by atomic mass is 9.96. The Morgan fingerprint density at radius 3 is 2.54 bits per heavy atom. The smallest absolute Gasteiger partial charge is 0.269 e. The molecule has 1 aromatic rings. The molecule has 24 heavy (non-hydrogen) atoms. The van der Waals surface area contributed by atoms with Crippen LogP contribution in [-0.2, 0) is 4.79 Å². The molecule has 1 heterocycles. The average Bonchev–Trinajstić information content (AvgIpc) is 2.60. The van der Waals surface area contributed by atoms with E-state index in [1.165, 1.54) is 12.1 Å². The first-order valence-corrected chi connectivity index (χ1v) is 8.51. The molecule has 7 heteroatoms. The molecule has 0 unspecified atom stereocenters. The van der Waals surface area contributed by atoms with Crippen molar-refractivity contribution in [1.29, 1.82) is 0 Å². The Morgan fingerprint density at radius 1 is 1.29 bits per heavy atom. The maximum absolute atomic E-state index is 12.2. The van der Waals surface area contributed by atoms with Crippen LogP contribution in [0.3, 0.4) is 0 Å². The van der Waals surface area contributed by atoms with Crippen molar-refractivity contribution in [1.82, 2.24) is 10.2 Å². The van der Waals surface area contributed by atoms with Gasteiger partial charge in [-0.1, -0.05) is 0 Å². The van der Waals surface area contributed by atoms with Gasteiger partial charge in [0.15, 0.2) is 0 Å². The van der Waals surface area contributed by atoms with Gasteiger partial charge in [0.2, 0.25) is 5.91 Å². The molecule has 132 valence electrons. The van der Waals surface area contributed by atoms with E-state index in [2.05, 4.69) is 10.6 Å². The first-order valence-electron chi connectivity index (χ1n) is 8.51. The minimum absolute atomic E-state index is 0.0809. The molecule has 1 saturated heterocycles. The van der Waals surface area contributed by atoms with Crippen molar-refractivity contribution in [2.24, 2.45) is 5.92 Å². The third-order valence-corrected chi connectivity index (χ3v) is 4.43. The molecule has 2 rings (SSSR count). The molecule has 2 N–H and O–H groups in total. The topological polar surface area (TPSA) is 87.5 Å². The summed E-state index contributed by atoms with van der Waals surface area (Å²) in [5.74, 6) is 0.909. The number of piperidine rings is 1. The molecule has 0 bridgehead atoms. The van der Waals surface area contributed by atoms with Crippen molar-refractivity contribution in [2.75, 3.05) is 38.5 Å². The summed E-state index contributed by atoms with van der Waals surface area (Å²) in [7, 11) is 1.97. The van der Waals surface area contributed by atoms with Gasteiger partial charge in [0.25, 0.3) is 5.69 Å². The molecular weight excluding hydrogens is 308 g/mol. The van der Waals surface area contributed by atoms with Crippen molar-refractivity contribution in [3.8, 4) is 0 Å². The van der Waals surface area contributed by atoms with Gasteiger partial charge in [-0.25, -0.2) is 0 Å².